The summed E-state index contributed by atoms with van der Waals surface area (Å²) in [6.07, 6.45) is 5.76. The average molecular weight is 235 g/mol. The molecule has 0 amide bonds. The quantitative estimate of drug-likeness (QED) is 0.860. The summed E-state index contributed by atoms with van der Waals surface area (Å²) in [6.45, 7) is 2.31. The molecule has 17 heavy (non-hydrogen) atoms. The highest BCUT2D eigenvalue weighted by atomic mass is 16.5. The first-order valence-corrected chi connectivity index (χ1v) is 6.28. The average Bonchev–Trinajstić information content (AvgIpc) is 2.40. The Balaban J connectivity index is 2.00. The highest BCUT2D eigenvalue weighted by molar-refractivity contribution is 5.45. The van der Waals surface area contributed by atoms with Crippen LogP contribution >= 0.6 is 0 Å². The molecule has 4 heteroatoms. The topological polar surface area (TPSA) is 51.4 Å². The van der Waals surface area contributed by atoms with E-state index in [1.807, 2.05) is 18.3 Å². The summed E-state index contributed by atoms with van der Waals surface area (Å²) in [4.78, 5) is 6.56. The van der Waals surface area contributed by atoms with Gasteiger partial charge in [0.15, 0.2) is 0 Å². The fourth-order valence-corrected chi connectivity index (χ4v) is 2.28. The van der Waals surface area contributed by atoms with Crippen molar-refractivity contribution in [1.82, 2.24) is 4.98 Å². The Morgan fingerprint density at radius 2 is 2.41 bits per heavy atom. The maximum absolute atomic E-state index is 5.74. The third-order valence-corrected chi connectivity index (χ3v) is 3.20. The molecule has 1 aliphatic rings. The lowest BCUT2D eigenvalue weighted by atomic mass is 10.1. The van der Waals surface area contributed by atoms with E-state index < -0.39 is 0 Å². The van der Waals surface area contributed by atoms with Gasteiger partial charge in [-0.3, -0.25) is 0 Å². The fourth-order valence-electron chi connectivity index (χ4n) is 2.28. The summed E-state index contributed by atoms with van der Waals surface area (Å²) in [7, 11) is 2.06. The molecule has 0 spiro atoms. The molecule has 1 saturated heterocycles. The maximum Gasteiger partial charge on any atom is 0.132 e. The van der Waals surface area contributed by atoms with Crippen molar-refractivity contribution in [3.8, 4) is 0 Å². The second kappa shape index (κ2) is 5.98. The fraction of sp³-hybridized carbons (Fsp3) is 0.615. The van der Waals surface area contributed by atoms with Gasteiger partial charge in [-0.25, -0.2) is 4.98 Å². The summed E-state index contributed by atoms with van der Waals surface area (Å²) in [5.41, 5.74) is 6.81. The van der Waals surface area contributed by atoms with Crippen LogP contribution in [-0.4, -0.2) is 31.3 Å². The number of pyridine rings is 1. The molecule has 1 fully saturated rings. The van der Waals surface area contributed by atoms with Crippen molar-refractivity contribution in [1.29, 1.82) is 0 Å². The molecule has 0 bridgehead atoms. The van der Waals surface area contributed by atoms with Gasteiger partial charge in [-0.05, 0) is 25.3 Å². The van der Waals surface area contributed by atoms with E-state index >= 15 is 0 Å². The summed E-state index contributed by atoms with van der Waals surface area (Å²) in [5, 5.41) is 0. The number of nitrogens with zero attached hydrogens (tertiary/aromatic N) is 2. The van der Waals surface area contributed by atoms with Crippen LogP contribution in [0.25, 0.3) is 0 Å². The minimum Gasteiger partial charge on any atom is -0.376 e. The Hall–Kier alpha value is -1.13. The summed E-state index contributed by atoms with van der Waals surface area (Å²) in [5.74, 6) is 0.976. The predicted octanol–water partition coefficient (Wildman–Crippen LogP) is 1.55. The highest BCUT2D eigenvalue weighted by Gasteiger charge is 2.17. The highest BCUT2D eigenvalue weighted by Crippen LogP contribution is 2.19. The minimum atomic E-state index is 0.335. The molecule has 1 unspecified atom stereocenters. The number of nitrogens with two attached hydrogens (primary N) is 1. The van der Waals surface area contributed by atoms with Crippen LogP contribution in [-0.2, 0) is 11.3 Å². The smallest absolute Gasteiger partial charge is 0.132 e. The van der Waals surface area contributed by atoms with E-state index in [1.165, 1.54) is 12.8 Å². The lowest BCUT2D eigenvalue weighted by Crippen LogP contribution is -2.34. The van der Waals surface area contributed by atoms with Crippen LogP contribution in [0, 0.1) is 0 Å². The second-order valence-electron chi connectivity index (χ2n) is 4.56. The minimum absolute atomic E-state index is 0.335. The lowest BCUT2D eigenvalue weighted by Gasteiger charge is -2.28. The molecule has 0 aromatic carbocycles. The normalized spacial score (nSPS) is 20.2. The van der Waals surface area contributed by atoms with Crippen molar-refractivity contribution in [2.45, 2.75) is 31.9 Å². The molecular formula is C13H21N3O. The van der Waals surface area contributed by atoms with Crippen molar-refractivity contribution < 1.29 is 4.74 Å². The first-order valence-electron chi connectivity index (χ1n) is 6.28. The summed E-state index contributed by atoms with van der Waals surface area (Å²) in [6, 6.07) is 3.96. The van der Waals surface area contributed by atoms with Gasteiger partial charge in [0.25, 0.3) is 0 Å². The predicted molar refractivity (Wildman–Crippen MR) is 69.0 cm³/mol. The summed E-state index contributed by atoms with van der Waals surface area (Å²) < 4.78 is 5.74. The SMILES string of the molecule is CN(CC1CCCCO1)c1ncccc1CN. The van der Waals surface area contributed by atoms with Crippen LogP contribution in [0.2, 0.25) is 0 Å². The largest absolute Gasteiger partial charge is 0.376 e. The van der Waals surface area contributed by atoms with Crippen molar-refractivity contribution in [3.63, 3.8) is 0 Å². The number of rotatable bonds is 4. The summed E-state index contributed by atoms with van der Waals surface area (Å²) >= 11 is 0. The zero-order valence-electron chi connectivity index (χ0n) is 10.4. The number of anilines is 1. The molecule has 2 rings (SSSR count). The Morgan fingerprint density at radius 3 is 3.12 bits per heavy atom. The Bertz CT molecular complexity index is 350. The molecule has 94 valence electrons. The molecule has 4 nitrogen and oxygen atoms in total. The Labute approximate surface area is 103 Å². The van der Waals surface area contributed by atoms with E-state index in [-0.39, 0.29) is 0 Å². The van der Waals surface area contributed by atoms with E-state index in [1.54, 1.807) is 0 Å². The number of likely N-dealkylation sites (N-methyl/N-ethyl adjacent to an activating group) is 1. The monoisotopic (exact) mass is 235 g/mol. The molecule has 2 N–H and O–H groups in total. The lowest BCUT2D eigenvalue weighted by molar-refractivity contribution is 0.0215. The third-order valence-electron chi connectivity index (χ3n) is 3.20. The Morgan fingerprint density at radius 1 is 1.53 bits per heavy atom. The van der Waals surface area contributed by atoms with Gasteiger partial charge in [0.05, 0.1) is 6.10 Å². The van der Waals surface area contributed by atoms with Gasteiger partial charge in [0.1, 0.15) is 5.82 Å². The number of aromatic nitrogens is 1. The Kier molecular flexibility index (Phi) is 4.34. The van der Waals surface area contributed by atoms with Crippen LogP contribution in [0.4, 0.5) is 5.82 Å². The molecule has 0 aliphatic carbocycles. The second-order valence-corrected chi connectivity index (χ2v) is 4.56. The van der Waals surface area contributed by atoms with Crippen LogP contribution in [0.3, 0.4) is 0 Å². The van der Waals surface area contributed by atoms with Gasteiger partial charge in [0, 0.05) is 38.5 Å². The van der Waals surface area contributed by atoms with Crippen LogP contribution in [0.15, 0.2) is 18.3 Å². The third kappa shape index (κ3) is 3.17. The molecule has 2 heterocycles. The molecule has 0 radical (unpaired) electrons. The van der Waals surface area contributed by atoms with E-state index in [0.717, 1.165) is 31.0 Å². The molecule has 1 aliphatic heterocycles. The van der Waals surface area contributed by atoms with Crippen molar-refractivity contribution in [3.05, 3.63) is 23.9 Å². The van der Waals surface area contributed by atoms with Crippen LogP contribution in [0.1, 0.15) is 24.8 Å². The van der Waals surface area contributed by atoms with Gasteiger partial charge in [-0.15, -0.1) is 0 Å². The number of hydrogen-bond acceptors (Lipinski definition) is 4. The van der Waals surface area contributed by atoms with E-state index in [0.29, 0.717) is 12.6 Å². The van der Waals surface area contributed by atoms with E-state index in [4.69, 9.17) is 10.5 Å². The zero-order chi connectivity index (χ0) is 12.1. The van der Waals surface area contributed by atoms with Crippen LogP contribution in [0.5, 0.6) is 0 Å². The number of ether oxygens (including phenoxy) is 1. The first kappa shape index (κ1) is 12.3. The van der Waals surface area contributed by atoms with Crippen molar-refractivity contribution >= 4 is 5.82 Å². The van der Waals surface area contributed by atoms with Gasteiger partial charge < -0.3 is 15.4 Å². The van der Waals surface area contributed by atoms with Crippen molar-refractivity contribution in [2.24, 2.45) is 5.73 Å². The van der Waals surface area contributed by atoms with Crippen LogP contribution < -0.4 is 10.6 Å². The molecule has 1 aromatic heterocycles. The standard InChI is InChI=1S/C13H21N3O/c1-16(10-12-6-2-3-8-17-12)13-11(9-14)5-4-7-15-13/h4-5,7,12H,2-3,6,8-10,14H2,1H3. The van der Waals surface area contributed by atoms with Gasteiger partial charge in [-0.2, -0.15) is 0 Å². The number of hydrogen-bond donors (Lipinski definition) is 1. The van der Waals surface area contributed by atoms with E-state index in [9.17, 15) is 0 Å². The molecule has 1 aromatic rings. The first-order chi connectivity index (χ1) is 8.31. The maximum atomic E-state index is 5.74. The van der Waals surface area contributed by atoms with Gasteiger partial charge in [-0.1, -0.05) is 6.07 Å². The molecule has 1 atom stereocenters. The van der Waals surface area contributed by atoms with Gasteiger partial charge >= 0.3 is 0 Å². The zero-order valence-corrected chi connectivity index (χ0v) is 10.4. The molecule has 0 saturated carbocycles. The van der Waals surface area contributed by atoms with Gasteiger partial charge in [0.2, 0.25) is 0 Å². The van der Waals surface area contributed by atoms with E-state index in [2.05, 4.69) is 16.9 Å². The molecular weight excluding hydrogens is 214 g/mol. The van der Waals surface area contributed by atoms with Crippen molar-refractivity contribution in [2.75, 3.05) is 25.1 Å².